The zero-order valence-corrected chi connectivity index (χ0v) is 18.3. The summed E-state index contributed by atoms with van der Waals surface area (Å²) < 4.78 is 43.9. The van der Waals surface area contributed by atoms with Gasteiger partial charge in [-0.2, -0.15) is 0 Å². The molecule has 0 atom stereocenters. The van der Waals surface area contributed by atoms with Crippen LogP contribution in [0.4, 0.5) is 11.4 Å². The number of methoxy groups -OCH3 is 3. The minimum Gasteiger partial charge on any atom is -0.493 e. The average molecular weight is 441 g/mol. The Kier molecular flexibility index (Phi) is 6.71. The van der Waals surface area contributed by atoms with E-state index in [0.717, 1.165) is 11.1 Å². The summed E-state index contributed by atoms with van der Waals surface area (Å²) in [4.78, 5) is 0.139. The zero-order valence-electron chi connectivity index (χ0n) is 17.5. The van der Waals surface area contributed by atoms with E-state index < -0.39 is 10.0 Å². The number of ether oxygens (including phenoxy) is 3. The van der Waals surface area contributed by atoms with Crippen LogP contribution in [-0.2, 0) is 10.0 Å². The summed E-state index contributed by atoms with van der Waals surface area (Å²) in [6, 6.07) is 16.7. The van der Waals surface area contributed by atoms with Crippen molar-refractivity contribution in [2.75, 3.05) is 31.8 Å². The Labute approximate surface area is 182 Å². The maximum atomic E-state index is 12.6. The molecule has 0 heterocycles. The molecule has 0 aliphatic rings. The minimum absolute atomic E-state index is 0.139. The molecule has 0 amide bonds. The number of sulfonamides is 1. The summed E-state index contributed by atoms with van der Waals surface area (Å²) >= 11 is 0. The first-order chi connectivity index (χ1) is 14.9. The molecule has 8 heteroatoms. The second-order valence-corrected chi connectivity index (χ2v) is 8.27. The van der Waals surface area contributed by atoms with E-state index >= 15 is 0 Å². The molecule has 7 nitrogen and oxygen atoms in total. The lowest BCUT2D eigenvalue weighted by molar-refractivity contribution is 0.324. The van der Waals surface area contributed by atoms with Gasteiger partial charge in [0.2, 0.25) is 5.75 Å². The predicted octanol–water partition coefficient (Wildman–Crippen LogP) is 4.27. The molecule has 162 valence electrons. The number of nitrogens with two attached hydrogens (primary N) is 1. The Bertz CT molecular complexity index is 1160. The van der Waals surface area contributed by atoms with Crippen LogP contribution < -0.4 is 24.7 Å². The number of benzene rings is 3. The van der Waals surface area contributed by atoms with E-state index in [2.05, 4.69) is 4.72 Å². The third-order valence-electron chi connectivity index (χ3n) is 4.48. The van der Waals surface area contributed by atoms with Gasteiger partial charge in [0.05, 0.1) is 26.2 Å². The molecule has 31 heavy (non-hydrogen) atoms. The first-order valence-electron chi connectivity index (χ1n) is 9.33. The van der Waals surface area contributed by atoms with Gasteiger partial charge in [0.25, 0.3) is 10.0 Å². The highest BCUT2D eigenvalue weighted by Gasteiger charge is 2.14. The van der Waals surface area contributed by atoms with E-state index in [-0.39, 0.29) is 4.90 Å². The van der Waals surface area contributed by atoms with Crippen molar-refractivity contribution < 1.29 is 22.6 Å². The lowest BCUT2D eigenvalue weighted by Gasteiger charge is -2.13. The molecule has 0 unspecified atom stereocenters. The van der Waals surface area contributed by atoms with Gasteiger partial charge >= 0.3 is 0 Å². The van der Waals surface area contributed by atoms with Crippen molar-refractivity contribution in [1.82, 2.24) is 0 Å². The van der Waals surface area contributed by atoms with Gasteiger partial charge < -0.3 is 19.9 Å². The number of nitrogens with one attached hydrogen (secondary N) is 1. The molecule has 0 saturated carbocycles. The van der Waals surface area contributed by atoms with Crippen LogP contribution in [-0.4, -0.2) is 29.7 Å². The Morgan fingerprint density at radius 3 is 2.00 bits per heavy atom. The number of rotatable bonds is 8. The highest BCUT2D eigenvalue weighted by atomic mass is 32.2. The Morgan fingerprint density at radius 2 is 1.42 bits per heavy atom. The lowest BCUT2D eigenvalue weighted by Crippen LogP contribution is -2.12. The largest absolute Gasteiger partial charge is 0.493 e. The molecular weight excluding hydrogens is 416 g/mol. The molecule has 0 aliphatic carbocycles. The van der Waals surface area contributed by atoms with Crippen molar-refractivity contribution in [2.45, 2.75) is 4.90 Å². The third-order valence-corrected chi connectivity index (χ3v) is 5.88. The van der Waals surface area contributed by atoms with Gasteiger partial charge in [0.1, 0.15) is 0 Å². The molecule has 3 aromatic rings. The summed E-state index contributed by atoms with van der Waals surface area (Å²) in [6.07, 6.45) is 3.74. The van der Waals surface area contributed by atoms with E-state index in [9.17, 15) is 8.42 Å². The topological polar surface area (TPSA) is 99.9 Å². The summed E-state index contributed by atoms with van der Waals surface area (Å²) in [5.41, 5.74) is 8.22. The van der Waals surface area contributed by atoms with E-state index in [1.54, 1.807) is 51.7 Å². The normalized spacial score (nSPS) is 11.3. The zero-order chi connectivity index (χ0) is 22.4. The van der Waals surface area contributed by atoms with Crippen LogP contribution in [0.1, 0.15) is 11.1 Å². The SMILES string of the molecule is COc1cc(/C=C\c2cccc(NS(=O)(=O)c3ccc(N)cc3)c2)cc(OC)c1OC. The summed E-state index contributed by atoms with van der Waals surface area (Å²) in [5, 5.41) is 0. The molecular formula is C23H24N2O5S. The monoisotopic (exact) mass is 440 g/mol. The fourth-order valence-electron chi connectivity index (χ4n) is 2.96. The molecule has 3 aromatic carbocycles. The van der Waals surface area contributed by atoms with Crippen LogP contribution in [0.3, 0.4) is 0 Å². The van der Waals surface area contributed by atoms with Crippen LogP contribution in [0.5, 0.6) is 17.2 Å². The van der Waals surface area contributed by atoms with E-state index in [1.165, 1.54) is 12.1 Å². The maximum absolute atomic E-state index is 12.6. The summed E-state index contributed by atoms with van der Waals surface area (Å²) in [6.45, 7) is 0. The molecule has 3 rings (SSSR count). The average Bonchev–Trinajstić information content (AvgIpc) is 2.77. The van der Waals surface area contributed by atoms with Crippen molar-refractivity contribution in [2.24, 2.45) is 0 Å². The number of anilines is 2. The third kappa shape index (κ3) is 5.29. The van der Waals surface area contributed by atoms with E-state index in [4.69, 9.17) is 19.9 Å². The highest BCUT2D eigenvalue weighted by Crippen LogP contribution is 2.38. The lowest BCUT2D eigenvalue weighted by atomic mass is 10.1. The maximum Gasteiger partial charge on any atom is 0.261 e. The molecule has 0 spiro atoms. The first-order valence-corrected chi connectivity index (χ1v) is 10.8. The van der Waals surface area contributed by atoms with Crippen LogP contribution in [0.2, 0.25) is 0 Å². The first kappa shape index (κ1) is 22.0. The second-order valence-electron chi connectivity index (χ2n) is 6.59. The Morgan fingerprint density at radius 1 is 0.806 bits per heavy atom. The molecule has 0 saturated heterocycles. The minimum atomic E-state index is -3.72. The predicted molar refractivity (Wildman–Crippen MR) is 123 cm³/mol. The van der Waals surface area contributed by atoms with Gasteiger partial charge in [-0.1, -0.05) is 24.3 Å². The Balaban J connectivity index is 1.84. The Hall–Kier alpha value is -3.65. The van der Waals surface area contributed by atoms with Gasteiger partial charge in [-0.3, -0.25) is 4.72 Å². The van der Waals surface area contributed by atoms with Crippen molar-refractivity contribution in [3.8, 4) is 17.2 Å². The van der Waals surface area contributed by atoms with Gasteiger partial charge in [0.15, 0.2) is 11.5 Å². The number of hydrogen-bond donors (Lipinski definition) is 2. The molecule has 0 bridgehead atoms. The fraction of sp³-hybridized carbons (Fsp3) is 0.130. The standard InChI is InChI=1S/C23H24N2O5S/c1-28-21-14-17(15-22(29-2)23(21)30-3)8-7-16-5-4-6-19(13-16)25-31(26,27)20-11-9-18(24)10-12-20/h4-15,25H,24H2,1-3H3/b8-7-. The van der Waals surface area contributed by atoms with Gasteiger partial charge in [0, 0.05) is 11.4 Å². The summed E-state index contributed by atoms with van der Waals surface area (Å²) in [5.74, 6) is 1.61. The second kappa shape index (κ2) is 9.44. The van der Waals surface area contributed by atoms with Gasteiger partial charge in [-0.25, -0.2) is 8.42 Å². The molecule has 0 aromatic heterocycles. The van der Waals surface area contributed by atoms with Gasteiger partial charge in [-0.05, 0) is 59.7 Å². The molecule has 3 N–H and O–H groups in total. The quantitative estimate of drug-likeness (QED) is 0.401. The van der Waals surface area contributed by atoms with Gasteiger partial charge in [-0.15, -0.1) is 0 Å². The van der Waals surface area contributed by atoms with Crippen LogP contribution in [0.25, 0.3) is 12.2 Å². The smallest absolute Gasteiger partial charge is 0.261 e. The summed E-state index contributed by atoms with van der Waals surface area (Å²) in [7, 11) is 0.946. The highest BCUT2D eigenvalue weighted by molar-refractivity contribution is 7.92. The van der Waals surface area contributed by atoms with Crippen LogP contribution >= 0.6 is 0 Å². The fourth-order valence-corrected chi connectivity index (χ4v) is 4.01. The van der Waals surface area contributed by atoms with E-state index in [1.807, 2.05) is 30.4 Å². The molecule has 0 fully saturated rings. The van der Waals surface area contributed by atoms with E-state index in [0.29, 0.717) is 28.6 Å². The van der Waals surface area contributed by atoms with Crippen molar-refractivity contribution in [1.29, 1.82) is 0 Å². The molecule has 0 aliphatic heterocycles. The number of hydrogen-bond acceptors (Lipinski definition) is 6. The number of nitrogen functional groups attached to an aromatic ring is 1. The van der Waals surface area contributed by atoms with Crippen molar-refractivity contribution in [3.63, 3.8) is 0 Å². The van der Waals surface area contributed by atoms with Crippen molar-refractivity contribution >= 4 is 33.6 Å². The van der Waals surface area contributed by atoms with Crippen LogP contribution in [0.15, 0.2) is 65.6 Å². The molecule has 0 radical (unpaired) electrons. The van der Waals surface area contributed by atoms with Crippen LogP contribution in [0, 0.1) is 0 Å². The van der Waals surface area contributed by atoms with Crippen molar-refractivity contribution in [3.05, 3.63) is 71.8 Å².